The van der Waals surface area contributed by atoms with E-state index >= 15 is 0 Å². The molecule has 1 saturated carbocycles. The average molecular weight is 228 g/mol. The van der Waals surface area contributed by atoms with Gasteiger partial charge in [-0.15, -0.1) is 0 Å². The molecular weight excluding hydrogens is 210 g/mol. The minimum absolute atomic E-state index is 0.326. The summed E-state index contributed by atoms with van der Waals surface area (Å²) in [5.41, 5.74) is 6.89. The van der Waals surface area contributed by atoms with Gasteiger partial charge in [0.1, 0.15) is 10.8 Å². The van der Waals surface area contributed by atoms with Crippen molar-refractivity contribution in [3.05, 3.63) is 10.7 Å². The Morgan fingerprint density at radius 2 is 2.00 bits per heavy atom. The highest BCUT2D eigenvalue weighted by molar-refractivity contribution is 6.33. The minimum Gasteiger partial charge on any atom is -0.383 e. The van der Waals surface area contributed by atoms with E-state index in [2.05, 4.69) is 25.9 Å². The Hall–Kier alpha value is -0.700. The van der Waals surface area contributed by atoms with E-state index in [0.29, 0.717) is 22.8 Å². The summed E-state index contributed by atoms with van der Waals surface area (Å²) >= 11 is 6.17. The maximum Gasteiger partial charge on any atom is 0.141 e. The molecule has 1 aliphatic rings. The van der Waals surface area contributed by atoms with Crippen LogP contribution in [0.4, 0.5) is 5.82 Å². The van der Waals surface area contributed by atoms with Crippen LogP contribution in [-0.2, 0) is 0 Å². The first-order valence-electron chi connectivity index (χ1n) is 5.55. The van der Waals surface area contributed by atoms with E-state index in [1.54, 1.807) is 0 Å². The quantitative estimate of drug-likeness (QED) is 0.862. The zero-order chi connectivity index (χ0) is 11.2. The molecule has 1 atom stereocenters. The van der Waals surface area contributed by atoms with Crippen molar-refractivity contribution in [3.8, 4) is 0 Å². The summed E-state index contributed by atoms with van der Waals surface area (Å²) in [6.45, 7) is 6.33. The standard InChI is InChI=1S/C11H18ClN3/c1-6(2)10-9(12)11(13)15(14-10)7(3)8-4-5-8/h6-8H,4-5,13H2,1-3H3. The second-order valence-corrected chi connectivity index (χ2v) is 5.14. The molecule has 1 aromatic heterocycles. The summed E-state index contributed by atoms with van der Waals surface area (Å²) in [6, 6.07) is 0.384. The van der Waals surface area contributed by atoms with E-state index in [1.165, 1.54) is 12.8 Å². The van der Waals surface area contributed by atoms with E-state index in [9.17, 15) is 0 Å². The van der Waals surface area contributed by atoms with E-state index in [1.807, 2.05) is 4.68 Å². The maximum atomic E-state index is 6.17. The van der Waals surface area contributed by atoms with E-state index in [-0.39, 0.29) is 0 Å². The highest BCUT2D eigenvalue weighted by atomic mass is 35.5. The third-order valence-electron chi connectivity index (χ3n) is 3.15. The molecule has 1 heterocycles. The topological polar surface area (TPSA) is 43.8 Å². The molecule has 1 aromatic rings. The van der Waals surface area contributed by atoms with Crippen molar-refractivity contribution in [2.45, 2.75) is 45.6 Å². The van der Waals surface area contributed by atoms with Gasteiger partial charge in [0.2, 0.25) is 0 Å². The number of hydrogen-bond donors (Lipinski definition) is 1. The Labute approximate surface area is 95.6 Å². The molecule has 0 radical (unpaired) electrons. The number of rotatable bonds is 3. The van der Waals surface area contributed by atoms with Gasteiger partial charge in [0.05, 0.1) is 11.7 Å². The average Bonchev–Trinajstić information content (AvgIpc) is 2.95. The number of hydrogen-bond acceptors (Lipinski definition) is 2. The van der Waals surface area contributed by atoms with Crippen molar-refractivity contribution in [3.63, 3.8) is 0 Å². The van der Waals surface area contributed by atoms with E-state index in [4.69, 9.17) is 17.3 Å². The van der Waals surface area contributed by atoms with Gasteiger partial charge in [-0.25, -0.2) is 4.68 Å². The van der Waals surface area contributed by atoms with Crippen LogP contribution < -0.4 is 5.73 Å². The molecule has 0 bridgehead atoms. The molecule has 0 aliphatic heterocycles. The summed E-state index contributed by atoms with van der Waals surface area (Å²) in [6.07, 6.45) is 2.57. The Morgan fingerprint density at radius 1 is 1.40 bits per heavy atom. The predicted molar refractivity (Wildman–Crippen MR) is 63.2 cm³/mol. The second-order valence-electron chi connectivity index (χ2n) is 4.76. The molecule has 0 spiro atoms. The van der Waals surface area contributed by atoms with Crippen LogP contribution in [0.25, 0.3) is 0 Å². The Balaban J connectivity index is 2.35. The molecule has 4 heteroatoms. The zero-order valence-electron chi connectivity index (χ0n) is 9.50. The van der Waals surface area contributed by atoms with Gasteiger partial charge in [-0.1, -0.05) is 25.4 Å². The summed E-state index contributed by atoms with van der Waals surface area (Å²) in [5, 5.41) is 5.17. The molecule has 3 nitrogen and oxygen atoms in total. The van der Waals surface area contributed by atoms with E-state index < -0.39 is 0 Å². The highest BCUT2D eigenvalue weighted by Crippen LogP contribution is 2.42. The molecule has 2 rings (SSSR count). The van der Waals surface area contributed by atoms with Crippen LogP contribution >= 0.6 is 11.6 Å². The number of anilines is 1. The fourth-order valence-electron chi connectivity index (χ4n) is 1.90. The maximum absolute atomic E-state index is 6.17. The molecule has 15 heavy (non-hydrogen) atoms. The van der Waals surface area contributed by atoms with Gasteiger partial charge in [-0.3, -0.25) is 0 Å². The molecule has 1 aliphatic carbocycles. The Morgan fingerprint density at radius 3 is 2.40 bits per heavy atom. The smallest absolute Gasteiger partial charge is 0.141 e. The molecule has 1 fully saturated rings. The van der Waals surface area contributed by atoms with Crippen LogP contribution in [0.3, 0.4) is 0 Å². The molecule has 2 N–H and O–H groups in total. The lowest BCUT2D eigenvalue weighted by atomic mass is 10.1. The fraction of sp³-hybridized carbons (Fsp3) is 0.727. The lowest BCUT2D eigenvalue weighted by Gasteiger charge is -2.12. The lowest BCUT2D eigenvalue weighted by Crippen LogP contribution is -2.12. The SMILES string of the molecule is CC(C)c1nn(C(C)C2CC2)c(N)c1Cl. The van der Waals surface area contributed by atoms with Gasteiger partial charge < -0.3 is 5.73 Å². The number of nitrogen functional groups attached to an aromatic ring is 1. The predicted octanol–water partition coefficient (Wildman–Crippen LogP) is 3.21. The first-order chi connectivity index (χ1) is 7.02. The van der Waals surface area contributed by atoms with Crippen molar-refractivity contribution in [1.82, 2.24) is 9.78 Å². The minimum atomic E-state index is 0.326. The third-order valence-corrected chi connectivity index (χ3v) is 3.54. The van der Waals surface area contributed by atoms with Crippen LogP contribution in [0.1, 0.15) is 51.3 Å². The summed E-state index contributed by atoms with van der Waals surface area (Å²) in [7, 11) is 0. The van der Waals surface area contributed by atoms with Gasteiger partial charge in [0.25, 0.3) is 0 Å². The monoisotopic (exact) mass is 227 g/mol. The number of nitrogens with two attached hydrogens (primary N) is 1. The van der Waals surface area contributed by atoms with Crippen LogP contribution in [0.5, 0.6) is 0 Å². The van der Waals surface area contributed by atoms with E-state index in [0.717, 1.165) is 11.6 Å². The molecule has 0 aromatic carbocycles. The van der Waals surface area contributed by atoms with Crippen molar-refractivity contribution < 1.29 is 0 Å². The van der Waals surface area contributed by atoms with Crippen molar-refractivity contribution in [1.29, 1.82) is 0 Å². The number of aromatic nitrogens is 2. The van der Waals surface area contributed by atoms with Crippen LogP contribution in [-0.4, -0.2) is 9.78 Å². The van der Waals surface area contributed by atoms with Crippen LogP contribution in [0.15, 0.2) is 0 Å². The van der Waals surface area contributed by atoms with Crippen LogP contribution in [0.2, 0.25) is 5.02 Å². The van der Waals surface area contributed by atoms with Gasteiger partial charge in [0, 0.05) is 0 Å². The zero-order valence-corrected chi connectivity index (χ0v) is 10.3. The lowest BCUT2D eigenvalue weighted by molar-refractivity contribution is 0.441. The normalized spacial score (nSPS) is 18.5. The van der Waals surface area contributed by atoms with Crippen molar-refractivity contribution >= 4 is 17.4 Å². The Bertz CT molecular complexity index is 366. The first kappa shape index (κ1) is 10.8. The van der Waals surface area contributed by atoms with Crippen molar-refractivity contribution in [2.75, 3.05) is 5.73 Å². The summed E-state index contributed by atoms with van der Waals surface area (Å²) in [5.74, 6) is 1.69. The largest absolute Gasteiger partial charge is 0.383 e. The van der Waals surface area contributed by atoms with Gasteiger partial charge >= 0.3 is 0 Å². The molecule has 0 saturated heterocycles. The summed E-state index contributed by atoms with van der Waals surface area (Å²) < 4.78 is 1.90. The number of halogens is 1. The highest BCUT2D eigenvalue weighted by Gasteiger charge is 2.32. The molecule has 0 amide bonds. The number of nitrogens with zero attached hydrogens (tertiary/aromatic N) is 2. The second kappa shape index (κ2) is 3.71. The fourth-order valence-corrected chi connectivity index (χ4v) is 2.25. The Kier molecular flexibility index (Phi) is 2.67. The molecule has 84 valence electrons. The van der Waals surface area contributed by atoms with Crippen molar-refractivity contribution in [2.24, 2.45) is 5.92 Å². The third kappa shape index (κ3) is 1.85. The van der Waals surface area contributed by atoms with Gasteiger partial charge in [0.15, 0.2) is 0 Å². The van der Waals surface area contributed by atoms with Gasteiger partial charge in [-0.2, -0.15) is 5.10 Å². The molecular formula is C11H18ClN3. The van der Waals surface area contributed by atoms with Crippen LogP contribution in [0, 0.1) is 5.92 Å². The molecule has 1 unspecified atom stereocenters. The summed E-state index contributed by atoms with van der Waals surface area (Å²) in [4.78, 5) is 0. The van der Waals surface area contributed by atoms with Gasteiger partial charge in [-0.05, 0) is 31.6 Å². The first-order valence-corrected chi connectivity index (χ1v) is 5.93.